The van der Waals surface area contributed by atoms with Gasteiger partial charge >= 0.3 is 0 Å². The second-order valence-corrected chi connectivity index (χ2v) is 6.05. The van der Waals surface area contributed by atoms with Crippen LogP contribution >= 0.6 is 0 Å². The molecule has 0 amide bonds. The third-order valence-corrected chi connectivity index (χ3v) is 4.72. The van der Waals surface area contributed by atoms with Gasteiger partial charge in [0.1, 0.15) is 18.2 Å². The maximum Gasteiger partial charge on any atom is 0.158 e. The SMILES string of the molecule is COCc1nc(NN)cc(N2CCC[C@H]3CCCC[C@H]32)n1. The number of anilines is 2. The van der Waals surface area contributed by atoms with Crippen molar-refractivity contribution in [3.63, 3.8) is 0 Å². The second kappa shape index (κ2) is 6.58. The summed E-state index contributed by atoms with van der Waals surface area (Å²) in [5, 5.41) is 0. The molecule has 3 N–H and O–H groups in total. The van der Waals surface area contributed by atoms with Crippen molar-refractivity contribution in [3.8, 4) is 0 Å². The van der Waals surface area contributed by atoms with Crippen molar-refractivity contribution >= 4 is 11.6 Å². The van der Waals surface area contributed by atoms with E-state index in [1.165, 1.54) is 38.5 Å². The molecule has 1 aliphatic heterocycles. The Labute approximate surface area is 126 Å². The van der Waals surface area contributed by atoms with Gasteiger partial charge in [0, 0.05) is 25.8 Å². The molecule has 21 heavy (non-hydrogen) atoms. The fraction of sp³-hybridized carbons (Fsp3) is 0.733. The van der Waals surface area contributed by atoms with Crippen molar-refractivity contribution in [2.24, 2.45) is 11.8 Å². The Morgan fingerprint density at radius 1 is 1.29 bits per heavy atom. The molecule has 0 spiro atoms. The van der Waals surface area contributed by atoms with Crippen molar-refractivity contribution in [3.05, 3.63) is 11.9 Å². The minimum Gasteiger partial charge on any atom is -0.377 e. The molecule has 6 nitrogen and oxygen atoms in total. The van der Waals surface area contributed by atoms with Crippen LogP contribution in [0, 0.1) is 5.92 Å². The van der Waals surface area contributed by atoms with Crippen LogP contribution in [0.5, 0.6) is 0 Å². The van der Waals surface area contributed by atoms with Gasteiger partial charge in [-0.3, -0.25) is 0 Å². The van der Waals surface area contributed by atoms with E-state index in [2.05, 4.69) is 20.3 Å². The van der Waals surface area contributed by atoms with Crippen LogP contribution in [0.3, 0.4) is 0 Å². The molecular formula is C15H25N5O. The minimum absolute atomic E-state index is 0.407. The molecule has 1 saturated heterocycles. The molecule has 0 radical (unpaired) electrons. The predicted molar refractivity (Wildman–Crippen MR) is 82.9 cm³/mol. The lowest BCUT2D eigenvalue weighted by atomic mass is 9.78. The van der Waals surface area contributed by atoms with Crippen molar-refractivity contribution in [2.45, 2.75) is 51.2 Å². The van der Waals surface area contributed by atoms with Crippen molar-refractivity contribution in [2.75, 3.05) is 24.0 Å². The summed E-state index contributed by atoms with van der Waals surface area (Å²) < 4.78 is 5.16. The zero-order chi connectivity index (χ0) is 14.7. The van der Waals surface area contributed by atoms with Crippen LogP contribution < -0.4 is 16.2 Å². The summed E-state index contributed by atoms with van der Waals surface area (Å²) in [6.07, 6.45) is 7.95. The van der Waals surface area contributed by atoms with Crippen molar-refractivity contribution in [1.82, 2.24) is 9.97 Å². The van der Waals surface area contributed by atoms with Crippen LogP contribution in [0.2, 0.25) is 0 Å². The maximum atomic E-state index is 5.55. The number of nitrogen functional groups attached to an aromatic ring is 1. The first-order valence-electron chi connectivity index (χ1n) is 7.92. The Morgan fingerprint density at radius 2 is 2.10 bits per heavy atom. The summed E-state index contributed by atoms with van der Waals surface area (Å²) in [5.74, 6) is 8.69. The van der Waals surface area contributed by atoms with Crippen molar-refractivity contribution < 1.29 is 4.74 Å². The van der Waals surface area contributed by atoms with E-state index in [9.17, 15) is 0 Å². The topological polar surface area (TPSA) is 76.3 Å². The molecule has 1 aromatic rings. The summed E-state index contributed by atoms with van der Waals surface area (Å²) in [5.41, 5.74) is 2.64. The Hall–Kier alpha value is -1.40. The number of hydrogen-bond acceptors (Lipinski definition) is 6. The van der Waals surface area contributed by atoms with Crippen LogP contribution in [0.4, 0.5) is 11.6 Å². The molecule has 0 unspecified atom stereocenters. The molecular weight excluding hydrogens is 266 g/mol. The molecule has 6 heteroatoms. The molecule has 2 fully saturated rings. The fourth-order valence-corrected chi connectivity index (χ4v) is 3.81. The first kappa shape index (κ1) is 14.5. The number of nitrogens with zero attached hydrogens (tertiary/aromatic N) is 3. The molecule has 116 valence electrons. The van der Waals surface area contributed by atoms with E-state index in [0.29, 0.717) is 24.3 Å². The maximum absolute atomic E-state index is 5.55. The van der Waals surface area contributed by atoms with Gasteiger partial charge in [0.15, 0.2) is 5.82 Å². The summed E-state index contributed by atoms with van der Waals surface area (Å²) in [6.45, 7) is 1.49. The van der Waals surface area contributed by atoms with E-state index in [0.717, 1.165) is 18.3 Å². The summed E-state index contributed by atoms with van der Waals surface area (Å²) in [7, 11) is 1.66. The molecule has 0 aromatic carbocycles. The van der Waals surface area contributed by atoms with E-state index in [1.807, 2.05) is 6.07 Å². The lowest BCUT2D eigenvalue weighted by Crippen LogP contribution is -2.47. The number of piperidine rings is 1. The van der Waals surface area contributed by atoms with E-state index in [1.54, 1.807) is 7.11 Å². The highest BCUT2D eigenvalue weighted by atomic mass is 16.5. The van der Waals surface area contributed by atoms with Gasteiger partial charge in [-0.25, -0.2) is 15.8 Å². The number of ether oxygens (including phenoxy) is 1. The first-order chi connectivity index (χ1) is 10.3. The van der Waals surface area contributed by atoms with Gasteiger partial charge in [-0.1, -0.05) is 12.8 Å². The minimum atomic E-state index is 0.407. The zero-order valence-electron chi connectivity index (χ0n) is 12.7. The lowest BCUT2D eigenvalue weighted by molar-refractivity contribution is 0.177. The molecule has 2 atom stereocenters. The van der Waals surface area contributed by atoms with E-state index in [-0.39, 0.29) is 0 Å². The van der Waals surface area contributed by atoms with Crippen molar-refractivity contribution in [1.29, 1.82) is 0 Å². The van der Waals surface area contributed by atoms with Crippen LogP contribution in [0.25, 0.3) is 0 Å². The third-order valence-electron chi connectivity index (χ3n) is 4.72. The highest BCUT2D eigenvalue weighted by Gasteiger charge is 2.34. The van der Waals surface area contributed by atoms with Crippen LogP contribution in [0.1, 0.15) is 44.3 Å². The molecule has 2 aliphatic rings. The largest absolute Gasteiger partial charge is 0.377 e. The smallest absolute Gasteiger partial charge is 0.158 e. The average molecular weight is 291 g/mol. The molecule has 1 saturated carbocycles. The van der Waals surface area contributed by atoms with Crippen LogP contribution in [-0.4, -0.2) is 29.7 Å². The quantitative estimate of drug-likeness (QED) is 0.653. The van der Waals surface area contributed by atoms with E-state index in [4.69, 9.17) is 10.6 Å². The highest BCUT2D eigenvalue weighted by Crippen LogP contribution is 2.37. The van der Waals surface area contributed by atoms with Gasteiger partial charge < -0.3 is 15.1 Å². The lowest BCUT2D eigenvalue weighted by Gasteiger charge is -2.44. The number of fused-ring (bicyclic) bond motifs is 1. The van der Waals surface area contributed by atoms with Gasteiger partial charge in [-0.15, -0.1) is 0 Å². The zero-order valence-corrected chi connectivity index (χ0v) is 12.7. The molecule has 1 aliphatic carbocycles. The number of hydrogen-bond donors (Lipinski definition) is 2. The fourth-order valence-electron chi connectivity index (χ4n) is 3.81. The Kier molecular flexibility index (Phi) is 4.55. The molecule has 0 bridgehead atoms. The standard InChI is InChI=1S/C15H25N5O/c1-21-10-14-17-13(19-16)9-15(18-14)20-8-4-6-11-5-2-3-7-12(11)20/h9,11-12H,2-8,10,16H2,1H3,(H,17,18,19)/t11-,12-/m1/s1. The molecule has 3 rings (SSSR count). The molecule has 1 aromatic heterocycles. The van der Waals surface area contributed by atoms with Gasteiger partial charge in [0.25, 0.3) is 0 Å². The van der Waals surface area contributed by atoms with Gasteiger partial charge in [0.2, 0.25) is 0 Å². The predicted octanol–water partition coefficient (Wildman–Crippen LogP) is 2.07. The van der Waals surface area contributed by atoms with Crippen LogP contribution in [-0.2, 0) is 11.3 Å². The third kappa shape index (κ3) is 3.11. The van der Waals surface area contributed by atoms with E-state index >= 15 is 0 Å². The normalized spacial score (nSPS) is 25.5. The Balaban J connectivity index is 1.88. The summed E-state index contributed by atoms with van der Waals surface area (Å²) in [6, 6.07) is 2.58. The number of rotatable bonds is 4. The van der Waals surface area contributed by atoms with Gasteiger partial charge in [-0.2, -0.15) is 0 Å². The number of hydrazine groups is 1. The summed E-state index contributed by atoms with van der Waals surface area (Å²) in [4.78, 5) is 11.5. The number of nitrogens with two attached hydrogens (primary N) is 1. The van der Waals surface area contributed by atoms with Gasteiger partial charge in [-0.05, 0) is 31.6 Å². The number of nitrogens with one attached hydrogen (secondary N) is 1. The van der Waals surface area contributed by atoms with E-state index < -0.39 is 0 Å². The number of methoxy groups -OCH3 is 1. The second-order valence-electron chi connectivity index (χ2n) is 6.05. The Morgan fingerprint density at radius 3 is 2.90 bits per heavy atom. The molecule has 2 heterocycles. The average Bonchev–Trinajstić information content (AvgIpc) is 2.54. The highest BCUT2D eigenvalue weighted by molar-refractivity contribution is 5.50. The van der Waals surface area contributed by atoms with Crippen LogP contribution in [0.15, 0.2) is 6.07 Å². The Bertz CT molecular complexity index is 479. The number of aromatic nitrogens is 2. The monoisotopic (exact) mass is 291 g/mol. The van der Waals surface area contributed by atoms with Gasteiger partial charge in [0.05, 0.1) is 0 Å². The first-order valence-corrected chi connectivity index (χ1v) is 7.92. The summed E-state index contributed by atoms with van der Waals surface area (Å²) >= 11 is 0.